The molecule has 2 rings (SSSR count). The highest BCUT2D eigenvalue weighted by Crippen LogP contribution is 2.60. The van der Waals surface area contributed by atoms with Crippen LogP contribution in [0.1, 0.15) is 25.7 Å². The lowest BCUT2D eigenvalue weighted by molar-refractivity contribution is -0.157. The smallest absolute Gasteiger partial charge is 0.306 e. The van der Waals surface area contributed by atoms with Crippen LogP contribution in [0.5, 0.6) is 0 Å². The molecule has 2 aliphatic carbocycles. The zero-order valence-electron chi connectivity index (χ0n) is 7.53. The SMILES string of the molecule is Cl.NCC1CC2(C1)CC(C(=O)O)C2. The normalized spacial score (nSPS) is 41.6. The van der Waals surface area contributed by atoms with E-state index in [-0.39, 0.29) is 18.3 Å². The van der Waals surface area contributed by atoms with Crippen LogP contribution in [0.3, 0.4) is 0 Å². The molecule has 0 unspecified atom stereocenters. The second-order valence-electron chi connectivity index (χ2n) is 4.45. The van der Waals surface area contributed by atoms with Gasteiger partial charge in [0.05, 0.1) is 5.92 Å². The lowest BCUT2D eigenvalue weighted by Crippen LogP contribution is -2.51. The van der Waals surface area contributed by atoms with Crippen LogP contribution in [0.4, 0.5) is 0 Å². The number of hydrogen-bond donors (Lipinski definition) is 2. The van der Waals surface area contributed by atoms with Gasteiger partial charge in [-0.1, -0.05) is 0 Å². The summed E-state index contributed by atoms with van der Waals surface area (Å²) in [5.74, 6) is 0.0142. The van der Waals surface area contributed by atoms with Crippen LogP contribution >= 0.6 is 12.4 Å². The maximum atomic E-state index is 10.5. The van der Waals surface area contributed by atoms with Crippen molar-refractivity contribution in [3.05, 3.63) is 0 Å². The Bertz CT molecular complexity index is 206. The van der Waals surface area contributed by atoms with Gasteiger partial charge in [0.15, 0.2) is 0 Å². The van der Waals surface area contributed by atoms with Gasteiger partial charge < -0.3 is 10.8 Å². The number of carbonyl (C=O) groups is 1. The lowest BCUT2D eigenvalue weighted by Gasteiger charge is -2.56. The highest BCUT2D eigenvalue weighted by Gasteiger charge is 2.54. The fourth-order valence-corrected chi connectivity index (χ4v) is 2.83. The highest BCUT2D eigenvalue weighted by atomic mass is 35.5. The Kier molecular flexibility index (Phi) is 2.88. The lowest BCUT2D eigenvalue weighted by atomic mass is 9.48. The molecule has 3 N–H and O–H groups in total. The van der Waals surface area contributed by atoms with Crippen LogP contribution in [0.2, 0.25) is 0 Å². The number of hydrogen-bond acceptors (Lipinski definition) is 2. The molecule has 3 nitrogen and oxygen atoms in total. The summed E-state index contributed by atoms with van der Waals surface area (Å²) in [6, 6.07) is 0. The molecule has 4 heteroatoms. The molecule has 0 aromatic rings. The molecule has 1 spiro atoms. The third-order valence-electron chi connectivity index (χ3n) is 3.48. The highest BCUT2D eigenvalue weighted by molar-refractivity contribution is 5.85. The summed E-state index contributed by atoms with van der Waals surface area (Å²) < 4.78 is 0. The first-order valence-electron chi connectivity index (χ1n) is 4.58. The summed E-state index contributed by atoms with van der Waals surface area (Å²) in [7, 11) is 0. The number of aliphatic carboxylic acids is 1. The molecule has 0 aliphatic heterocycles. The minimum atomic E-state index is -0.614. The summed E-state index contributed by atoms with van der Waals surface area (Å²) in [5.41, 5.74) is 5.92. The van der Waals surface area contributed by atoms with Crippen molar-refractivity contribution in [3.8, 4) is 0 Å². The Labute approximate surface area is 84.1 Å². The van der Waals surface area contributed by atoms with E-state index in [4.69, 9.17) is 10.8 Å². The summed E-state index contributed by atoms with van der Waals surface area (Å²) in [4.78, 5) is 10.5. The largest absolute Gasteiger partial charge is 0.481 e. The van der Waals surface area contributed by atoms with Crippen molar-refractivity contribution in [2.75, 3.05) is 6.54 Å². The van der Waals surface area contributed by atoms with Crippen molar-refractivity contribution >= 4 is 18.4 Å². The van der Waals surface area contributed by atoms with Gasteiger partial charge in [0.1, 0.15) is 0 Å². The summed E-state index contributed by atoms with van der Waals surface area (Å²) in [6.07, 6.45) is 4.15. The topological polar surface area (TPSA) is 63.3 Å². The first kappa shape index (κ1) is 10.8. The number of carboxylic acids is 1. The van der Waals surface area contributed by atoms with E-state index in [0.29, 0.717) is 11.3 Å². The average molecular weight is 206 g/mol. The molecular formula is C9H16ClNO2. The van der Waals surface area contributed by atoms with Crippen LogP contribution in [0, 0.1) is 17.3 Å². The first-order valence-corrected chi connectivity index (χ1v) is 4.58. The van der Waals surface area contributed by atoms with E-state index in [1.807, 2.05) is 0 Å². The minimum absolute atomic E-state index is 0. The van der Waals surface area contributed by atoms with Crippen LogP contribution < -0.4 is 5.73 Å². The summed E-state index contributed by atoms with van der Waals surface area (Å²) in [6.45, 7) is 0.777. The molecule has 76 valence electrons. The third kappa shape index (κ3) is 1.67. The van der Waals surface area contributed by atoms with Crippen molar-refractivity contribution in [2.45, 2.75) is 25.7 Å². The van der Waals surface area contributed by atoms with Crippen molar-refractivity contribution in [2.24, 2.45) is 23.0 Å². The van der Waals surface area contributed by atoms with Gasteiger partial charge in [-0.05, 0) is 43.6 Å². The molecule has 0 atom stereocenters. The number of nitrogens with two attached hydrogens (primary N) is 1. The molecule has 0 saturated heterocycles. The molecule has 0 bridgehead atoms. The molecule has 0 amide bonds. The molecule has 0 heterocycles. The van der Waals surface area contributed by atoms with E-state index in [0.717, 1.165) is 19.4 Å². The molecule has 0 aromatic heterocycles. The fourth-order valence-electron chi connectivity index (χ4n) is 2.83. The van der Waals surface area contributed by atoms with Crippen LogP contribution in [-0.2, 0) is 4.79 Å². The van der Waals surface area contributed by atoms with E-state index < -0.39 is 5.97 Å². The van der Waals surface area contributed by atoms with Crippen LogP contribution in [-0.4, -0.2) is 17.6 Å². The van der Waals surface area contributed by atoms with Gasteiger partial charge in [-0.3, -0.25) is 4.79 Å². The van der Waals surface area contributed by atoms with Gasteiger partial charge in [-0.15, -0.1) is 12.4 Å². The zero-order valence-corrected chi connectivity index (χ0v) is 8.35. The molecule has 2 saturated carbocycles. The van der Waals surface area contributed by atoms with E-state index in [1.165, 1.54) is 12.8 Å². The molecule has 0 aromatic carbocycles. The van der Waals surface area contributed by atoms with Gasteiger partial charge in [0.2, 0.25) is 0 Å². The Morgan fingerprint density at radius 3 is 2.31 bits per heavy atom. The summed E-state index contributed by atoms with van der Waals surface area (Å²) >= 11 is 0. The number of carboxylic acid groups (broad SMARTS) is 1. The average Bonchev–Trinajstić information content (AvgIpc) is 1.81. The molecule has 2 fully saturated rings. The first-order chi connectivity index (χ1) is 5.65. The Morgan fingerprint density at radius 2 is 1.92 bits per heavy atom. The maximum Gasteiger partial charge on any atom is 0.306 e. The predicted octanol–water partition coefficient (Wildman–Crippen LogP) is 1.26. The van der Waals surface area contributed by atoms with E-state index in [2.05, 4.69) is 0 Å². The summed E-state index contributed by atoms with van der Waals surface area (Å²) in [5, 5.41) is 8.68. The molecule has 13 heavy (non-hydrogen) atoms. The second-order valence-corrected chi connectivity index (χ2v) is 4.45. The Hall–Kier alpha value is -0.280. The van der Waals surface area contributed by atoms with Gasteiger partial charge in [0.25, 0.3) is 0 Å². The Morgan fingerprint density at radius 1 is 1.38 bits per heavy atom. The standard InChI is InChI=1S/C9H15NO2.ClH/c10-5-6-1-9(2-6)3-7(4-9)8(11)12;/h6-7H,1-5,10H2,(H,11,12);1H. The molecule has 0 radical (unpaired) electrons. The number of halogens is 1. The third-order valence-corrected chi connectivity index (χ3v) is 3.48. The van der Waals surface area contributed by atoms with Crippen molar-refractivity contribution < 1.29 is 9.90 Å². The van der Waals surface area contributed by atoms with Gasteiger partial charge in [-0.2, -0.15) is 0 Å². The monoisotopic (exact) mass is 205 g/mol. The molecule has 2 aliphatic rings. The second kappa shape index (κ2) is 3.46. The van der Waals surface area contributed by atoms with Crippen LogP contribution in [0.15, 0.2) is 0 Å². The minimum Gasteiger partial charge on any atom is -0.481 e. The van der Waals surface area contributed by atoms with E-state index in [9.17, 15) is 4.79 Å². The van der Waals surface area contributed by atoms with Gasteiger partial charge in [-0.25, -0.2) is 0 Å². The Balaban J connectivity index is 0.000000845. The quantitative estimate of drug-likeness (QED) is 0.714. The van der Waals surface area contributed by atoms with E-state index in [1.54, 1.807) is 0 Å². The number of rotatable bonds is 2. The maximum absolute atomic E-state index is 10.5. The van der Waals surface area contributed by atoms with E-state index >= 15 is 0 Å². The van der Waals surface area contributed by atoms with Crippen molar-refractivity contribution in [1.29, 1.82) is 0 Å². The van der Waals surface area contributed by atoms with Crippen molar-refractivity contribution in [1.82, 2.24) is 0 Å². The predicted molar refractivity (Wildman–Crippen MR) is 51.8 cm³/mol. The van der Waals surface area contributed by atoms with Gasteiger partial charge in [0, 0.05) is 0 Å². The van der Waals surface area contributed by atoms with Crippen LogP contribution in [0.25, 0.3) is 0 Å². The molecular weight excluding hydrogens is 190 g/mol. The van der Waals surface area contributed by atoms with Crippen molar-refractivity contribution in [3.63, 3.8) is 0 Å². The van der Waals surface area contributed by atoms with Gasteiger partial charge >= 0.3 is 5.97 Å². The zero-order chi connectivity index (χ0) is 8.77. The fraction of sp³-hybridized carbons (Fsp3) is 0.889.